The van der Waals surface area contributed by atoms with Gasteiger partial charge in [0, 0.05) is 23.6 Å². The number of nitrogens with two attached hydrogens (primary N) is 1. The van der Waals surface area contributed by atoms with E-state index in [1.165, 1.54) is 6.20 Å². The Morgan fingerprint density at radius 1 is 0.971 bits per heavy atom. The molecule has 1 heterocycles. The third-order valence-electron chi connectivity index (χ3n) is 4.89. The summed E-state index contributed by atoms with van der Waals surface area (Å²) in [4.78, 5) is 29.5. The lowest BCUT2D eigenvalue weighted by Crippen LogP contribution is -2.45. The molecule has 1 atom stereocenters. The largest absolute Gasteiger partial charge is 0.490 e. The Morgan fingerprint density at radius 3 is 2.31 bits per heavy atom. The maximum atomic E-state index is 13.2. The molecule has 0 bridgehead atoms. The van der Waals surface area contributed by atoms with E-state index < -0.39 is 17.9 Å². The number of rotatable bonds is 10. The van der Waals surface area contributed by atoms with Gasteiger partial charge in [0.15, 0.2) is 11.5 Å². The normalized spacial score (nSPS) is 11.1. The van der Waals surface area contributed by atoms with Gasteiger partial charge in [0.1, 0.15) is 11.9 Å². The summed E-state index contributed by atoms with van der Waals surface area (Å²) in [6.45, 7) is 4.61. The van der Waals surface area contributed by atoms with Crippen LogP contribution in [0.2, 0.25) is 0 Å². The first-order valence-corrected chi connectivity index (χ1v) is 11.0. The predicted octanol–water partition coefficient (Wildman–Crippen LogP) is 2.78. The minimum atomic E-state index is -0.901. The van der Waals surface area contributed by atoms with Crippen molar-refractivity contribution in [1.82, 2.24) is 15.8 Å². The maximum Gasteiger partial charge on any atom is 0.271 e. The third kappa shape index (κ3) is 6.70. The van der Waals surface area contributed by atoms with Crippen LogP contribution in [0.3, 0.4) is 0 Å². The number of benzene rings is 2. The van der Waals surface area contributed by atoms with Crippen LogP contribution in [0.4, 0.5) is 5.69 Å². The first-order valence-electron chi connectivity index (χ1n) is 11.0. The molecule has 3 rings (SSSR count). The lowest BCUT2D eigenvalue weighted by molar-refractivity contribution is -0.122. The zero-order valence-corrected chi connectivity index (χ0v) is 19.5. The van der Waals surface area contributed by atoms with Gasteiger partial charge in [-0.15, -0.1) is 0 Å². The smallest absolute Gasteiger partial charge is 0.271 e. The van der Waals surface area contributed by atoms with E-state index in [9.17, 15) is 9.59 Å². The van der Waals surface area contributed by atoms with Gasteiger partial charge in [0.2, 0.25) is 0 Å². The highest BCUT2D eigenvalue weighted by molar-refractivity contribution is 5.96. The van der Waals surface area contributed by atoms with Crippen molar-refractivity contribution in [3.05, 3.63) is 83.7 Å². The number of hydrogen-bond donors (Lipinski definition) is 5. The molecule has 0 aliphatic heterocycles. The van der Waals surface area contributed by atoms with Gasteiger partial charge >= 0.3 is 0 Å². The fraction of sp³-hybridized carbons (Fsp3) is 0.200. The van der Waals surface area contributed by atoms with Crippen LogP contribution in [0, 0.1) is 5.41 Å². The molecular formula is C25H28N6O4. The number of nitrogen functional groups attached to an aromatic ring is 1. The van der Waals surface area contributed by atoms with E-state index in [-0.39, 0.29) is 5.84 Å². The average molecular weight is 477 g/mol. The number of carbonyl (C=O) groups is 2. The van der Waals surface area contributed by atoms with E-state index in [0.717, 1.165) is 0 Å². The molecule has 1 unspecified atom stereocenters. The van der Waals surface area contributed by atoms with E-state index in [4.69, 9.17) is 20.6 Å². The van der Waals surface area contributed by atoms with Crippen LogP contribution in [-0.2, 0) is 4.79 Å². The van der Waals surface area contributed by atoms with Crippen LogP contribution in [-0.4, -0.2) is 35.8 Å². The molecule has 0 spiro atoms. The summed E-state index contributed by atoms with van der Waals surface area (Å²) in [7, 11) is 0. The maximum absolute atomic E-state index is 13.2. The molecule has 2 aromatic carbocycles. The van der Waals surface area contributed by atoms with Gasteiger partial charge in [-0.25, -0.2) is 0 Å². The Labute approximate surface area is 203 Å². The summed E-state index contributed by atoms with van der Waals surface area (Å²) in [5.41, 5.74) is 12.5. The van der Waals surface area contributed by atoms with Crippen LogP contribution in [0.15, 0.2) is 67.0 Å². The zero-order valence-electron chi connectivity index (χ0n) is 19.5. The highest BCUT2D eigenvalue weighted by Gasteiger charge is 2.23. The number of aromatic nitrogens is 1. The van der Waals surface area contributed by atoms with Crippen molar-refractivity contribution in [2.24, 2.45) is 5.73 Å². The zero-order chi connectivity index (χ0) is 25.2. The summed E-state index contributed by atoms with van der Waals surface area (Å²) >= 11 is 0. The summed E-state index contributed by atoms with van der Waals surface area (Å²) in [6.07, 6.45) is 2.95. The second kappa shape index (κ2) is 12.0. The molecule has 10 heteroatoms. The topological polar surface area (TPSA) is 151 Å². The molecule has 35 heavy (non-hydrogen) atoms. The van der Waals surface area contributed by atoms with Gasteiger partial charge in [-0.05, 0) is 67.9 Å². The van der Waals surface area contributed by atoms with Crippen LogP contribution in [0.1, 0.15) is 41.4 Å². The SMILES string of the molecule is CCOc1ccc(C(Nc2ccc(C(=N)N)cc2)C(=O)NNC(=O)c2cccnc2)cc1OCC. The summed E-state index contributed by atoms with van der Waals surface area (Å²) in [5.74, 6) is -0.00949. The van der Waals surface area contributed by atoms with E-state index in [2.05, 4.69) is 21.2 Å². The number of ether oxygens (including phenoxy) is 2. The fourth-order valence-corrected chi connectivity index (χ4v) is 3.22. The van der Waals surface area contributed by atoms with E-state index in [1.54, 1.807) is 60.8 Å². The molecule has 0 radical (unpaired) electrons. The van der Waals surface area contributed by atoms with Crippen molar-refractivity contribution >= 4 is 23.3 Å². The highest BCUT2D eigenvalue weighted by atomic mass is 16.5. The fourth-order valence-electron chi connectivity index (χ4n) is 3.22. The minimum absolute atomic E-state index is 0.0585. The second-order valence-corrected chi connectivity index (χ2v) is 7.33. The number of nitrogens with one attached hydrogen (secondary N) is 4. The number of hydrogen-bond acceptors (Lipinski definition) is 7. The Bertz CT molecular complexity index is 1170. The number of carbonyl (C=O) groups excluding carboxylic acids is 2. The Hall–Kier alpha value is -4.60. The van der Waals surface area contributed by atoms with Crippen molar-refractivity contribution in [2.75, 3.05) is 18.5 Å². The monoisotopic (exact) mass is 476 g/mol. The molecule has 0 saturated carbocycles. The van der Waals surface area contributed by atoms with Gasteiger partial charge < -0.3 is 20.5 Å². The molecule has 10 nitrogen and oxygen atoms in total. The molecule has 0 aliphatic rings. The number of pyridine rings is 1. The quantitative estimate of drug-likeness (QED) is 0.171. The van der Waals surface area contributed by atoms with Crippen LogP contribution in [0.25, 0.3) is 0 Å². The molecule has 0 saturated heterocycles. The van der Waals surface area contributed by atoms with E-state index in [0.29, 0.717) is 47.1 Å². The van der Waals surface area contributed by atoms with E-state index >= 15 is 0 Å². The average Bonchev–Trinajstić information content (AvgIpc) is 2.87. The number of amides is 2. The summed E-state index contributed by atoms with van der Waals surface area (Å²) in [6, 6.07) is 14.3. The Kier molecular flexibility index (Phi) is 8.60. The molecule has 182 valence electrons. The van der Waals surface area contributed by atoms with Crippen molar-refractivity contribution in [1.29, 1.82) is 5.41 Å². The standard InChI is InChI=1S/C25H28N6O4/c1-3-34-20-12-9-17(14-21(20)35-4-2)22(29-19-10-7-16(8-11-19)23(26)27)25(33)31-30-24(32)18-6-5-13-28-15-18/h5-15,22,29H,3-4H2,1-2H3,(H3,26,27)(H,30,32)(H,31,33). The van der Waals surface area contributed by atoms with Gasteiger partial charge in [-0.3, -0.25) is 30.8 Å². The number of amidine groups is 1. The summed E-state index contributed by atoms with van der Waals surface area (Å²) < 4.78 is 11.3. The highest BCUT2D eigenvalue weighted by Crippen LogP contribution is 2.32. The molecule has 2 amide bonds. The van der Waals surface area contributed by atoms with Crippen LogP contribution < -0.4 is 31.4 Å². The number of hydrazine groups is 1. The summed E-state index contributed by atoms with van der Waals surface area (Å²) in [5, 5.41) is 10.7. The van der Waals surface area contributed by atoms with Gasteiger partial charge in [-0.1, -0.05) is 6.07 Å². The Balaban J connectivity index is 1.87. The number of nitrogens with zero attached hydrogens (tertiary/aromatic N) is 1. The molecular weight excluding hydrogens is 448 g/mol. The van der Waals surface area contributed by atoms with Gasteiger partial charge in [-0.2, -0.15) is 0 Å². The molecule has 0 aliphatic carbocycles. The minimum Gasteiger partial charge on any atom is -0.490 e. The first kappa shape index (κ1) is 25.0. The van der Waals surface area contributed by atoms with Gasteiger partial charge in [0.25, 0.3) is 11.8 Å². The second-order valence-electron chi connectivity index (χ2n) is 7.33. The van der Waals surface area contributed by atoms with Crippen LogP contribution >= 0.6 is 0 Å². The van der Waals surface area contributed by atoms with Crippen molar-refractivity contribution in [3.63, 3.8) is 0 Å². The first-order chi connectivity index (χ1) is 16.9. The molecule has 3 aromatic rings. The van der Waals surface area contributed by atoms with Crippen molar-refractivity contribution < 1.29 is 19.1 Å². The molecule has 0 fully saturated rings. The van der Waals surface area contributed by atoms with Gasteiger partial charge in [0.05, 0.1) is 18.8 Å². The van der Waals surface area contributed by atoms with Crippen molar-refractivity contribution in [2.45, 2.75) is 19.9 Å². The molecule has 1 aromatic heterocycles. The molecule has 6 N–H and O–H groups in total. The Morgan fingerprint density at radius 2 is 1.69 bits per heavy atom. The van der Waals surface area contributed by atoms with Crippen molar-refractivity contribution in [3.8, 4) is 11.5 Å². The van der Waals surface area contributed by atoms with E-state index in [1.807, 2.05) is 13.8 Å². The third-order valence-corrected chi connectivity index (χ3v) is 4.89. The van der Waals surface area contributed by atoms with Crippen LogP contribution in [0.5, 0.6) is 11.5 Å². The lowest BCUT2D eigenvalue weighted by Gasteiger charge is -2.22. The number of anilines is 1. The predicted molar refractivity (Wildman–Crippen MR) is 132 cm³/mol. The lowest BCUT2D eigenvalue weighted by atomic mass is 10.0.